The number of pyridine rings is 1. The summed E-state index contributed by atoms with van der Waals surface area (Å²) in [6.07, 6.45) is 4.90. The van der Waals surface area contributed by atoms with Gasteiger partial charge in [0, 0.05) is 45.1 Å². The molecule has 6 nitrogen and oxygen atoms in total. The zero-order valence-electron chi connectivity index (χ0n) is 14.3. The molecule has 0 radical (unpaired) electrons. The lowest BCUT2D eigenvalue weighted by Crippen LogP contribution is -2.34. The molecule has 1 aromatic heterocycles. The van der Waals surface area contributed by atoms with E-state index in [0.29, 0.717) is 6.54 Å². The van der Waals surface area contributed by atoms with Crippen molar-refractivity contribution in [3.05, 3.63) is 53.9 Å². The molecule has 0 saturated heterocycles. The zero-order valence-corrected chi connectivity index (χ0v) is 15.2. The summed E-state index contributed by atoms with van der Waals surface area (Å²) in [4.78, 5) is 17.7. The molecule has 0 aliphatic carbocycles. The number of hydrogen-bond donors (Lipinski definition) is 0. The summed E-state index contributed by atoms with van der Waals surface area (Å²) in [5, 5.41) is 0. The molecule has 25 heavy (non-hydrogen) atoms. The average molecular weight is 359 g/mol. The molecule has 1 aliphatic rings. The van der Waals surface area contributed by atoms with Crippen molar-refractivity contribution >= 4 is 21.6 Å². The van der Waals surface area contributed by atoms with Crippen LogP contribution >= 0.6 is 0 Å². The molecule has 0 bridgehead atoms. The Morgan fingerprint density at radius 2 is 1.96 bits per heavy atom. The minimum atomic E-state index is -3.60. The molecule has 0 spiro atoms. The monoisotopic (exact) mass is 359 g/mol. The third kappa shape index (κ3) is 3.57. The summed E-state index contributed by atoms with van der Waals surface area (Å²) < 4.78 is 27.1. The van der Waals surface area contributed by atoms with Gasteiger partial charge in [-0.25, -0.2) is 8.42 Å². The number of carbonyl (C=O) groups is 1. The number of carbonyl (C=O) groups excluding carboxylic acids is 1. The number of fused-ring (bicyclic) bond motifs is 1. The number of anilines is 1. The number of aryl methyl sites for hydroxylation is 1. The van der Waals surface area contributed by atoms with Crippen molar-refractivity contribution in [2.75, 3.05) is 18.5 Å². The standard InChI is InChI=1S/C18H21N3O3S/c1-14(22)21-11-3-4-16-12-17(5-6-18(16)21)25(23,24)20(2)13-15-7-9-19-10-8-15/h5-10,12H,3-4,11,13H2,1-2H3. The van der Waals surface area contributed by atoms with Crippen molar-refractivity contribution in [2.24, 2.45) is 0 Å². The number of amides is 1. The Morgan fingerprint density at radius 3 is 2.64 bits per heavy atom. The van der Waals surface area contributed by atoms with E-state index in [1.165, 1.54) is 11.2 Å². The molecule has 2 aromatic rings. The predicted octanol–water partition coefficient (Wildman–Crippen LogP) is 2.20. The molecular formula is C18H21N3O3S. The second kappa shape index (κ2) is 6.93. The number of rotatable bonds is 4. The van der Waals surface area contributed by atoms with Gasteiger partial charge in [-0.15, -0.1) is 0 Å². The van der Waals surface area contributed by atoms with Crippen LogP contribution in [0.4, 0.5) is 5.69 Å². The third-order valence-corrected chi connectivity index (χ3v) is 6.21. The van der Waals surface area contributed by atoms with Gasteiger partial charge in [0.1, 0.15) is 0 Å². The van der Waals surface area contributed by atoms with Crippen molar-refractivity contribution < 1.29 is 13.2 Å². The number of aromatic nitrogens is 1. The molecule has 1 aliphatic heterocycles. The lowest BCUT2D eigenvalue weighted by molar-refractivity contribution is -0.116. The van der Waals surface area contributed by atoms with E-state index in [1.54, 1.807) is 54.7 Å². The maximum Gasteiger partial charge on any atom is 0.243 e. The molecule has 132 valence electrons. The predicted molar refractivity (Wildman–Crippen MR) is 95.7 cm³/mol. The van der Waals surface area contributed by atoms with Crippen LogP contribution in [0.3, 0.4) is 0 Å². The Balaban J connectivity index is 1.89. The van der Waals surface area contributed by atoms with E-state index < -0.39 is 10.0 Å². The normalized spacial score (nSPS) is 14.4. The number of sulfonamides is 1. The fourth-order valence-corrected chi connectivity index (χ4v) is 4.28. The van der Waals surface area contributed by atoms with Crippen LogP contribution in [-0.2, 0) is 27.8 Å². The van der Waals surface area contributed by atoms with Crippen molar-refractivity contribution in [1.29, 1.82) is 0 Å². The lowest BCUT2D eigenvalue weighted by atomic mass is 10.0. The molecule has 3 rings (SSSR count). The van der Waals surface area contributed by atoms with Gasteiger partial charge in [-0.05, 0) is 54.3 Å². The summed E-state index contributed by atoms with van der Waals surface area (Å²) in [5.41, 5.74) is 2.59. The average Bonchev–Trinajstić information content (AvgIpc) is 2.61. The molecule has 0 unspecified atom stereocenters. The Morgan fingerprint density at radius 1 is 1.24 bits per heavy atom. The largest absolute Gasteiger partial charge is 0.312 e. The van der Waals surface area contributed by atoms with Gasteiger partial charge >= 0.3 is 0 Å². The third-order valence-electron chi connectivity index (χ3n) is 4.41. The van der Waals surface area contributed by atoms with Crippen LogP contribution in [0.5, 0.6) is 0 Å². The summed E-state index contributed by atoms with van der Waals surface area (Å²) in [6.45, 7) is 2.49. The van der Waals surface area contributed by atoms with Crippen LogP contribution in [0.2, 0.25) is 0 Å². The first-order valence-corrected chi connectivity index (χ1v) is 9.60. The molecule has 1 amide bonds. The van der Waals surface area contributed by atoms with Gasteiger partial charge in [-0.3, -0.25) is 9.78 Å². The fourth-order valence-electron chi connectivity index (χ4n) is 3.07. The highest BCUT2D eigenvalue weighted by atomic mass is 32.2. The topological polar surface area (TPSA) is 70.6 Å². The van der Waals surface area contributed by atoms with E-state index in [0.717, 1.165) is 29.7 Å². The Hall–Kier alpha value is -2.25. The van der Waals surface area contributed by atoms with Crippen LogP contribution in [0.15, 0.2) is 47.6 Å². The first-order valence-electron chi connectivity index (χ1n) is 8.16. The highest BCUT2D eigenvalue weighted by molar-refractivity contribution is 7.89. The molecule has 1 aromatic carbocycles. The van der Waals surface area contributed by atoms with Crippen LogP contribution in [0, 0.1) is 0 Å². The SMILES string of the molecule is CC(=O)N1CCCc2cc(S(=O)(=O)N(C)Cc3ccncc3)ccc21. The van der Waals surface area contributed by atoms with E-state index in [9.17, 15) is 13.2 Å². The van der Waals surface area contributed by atoms with E-state index in [4.69, 9.17) is 0 Å². The lowest BCUT2D eigenvalue weighted by Gasteiger charge is -2.29. The highest BCUT2D eigenvalue weighted by Gasteiger charge is 2.25. The molecule has 7 heteroatoms. The van der Waals surface area contributed by atoms with Crippen molar-refractivity contribution in [3.63, 3.8) is 0 Å². The molecule has 2 heterocycles. The van der Waals surface area contributed by atoms with Crippen LogP contribution in [0.1, 0.15) is 24.5 Å². The molecule has 0 fully saturated rings. The smallest absolute Gasteiger partial charge is 0.243 e. The van der Waals surface area contributed by atoms with Gasteiger partial charge in [0.25, 0.3) is 0 Å². The second-order valence-corrected chi connectivity index (χ2v) is 8.23. The molecule has 0 saturated carbocycles. The second-order valence-electron chi connectivity index (χ2n) is 6.18. The molecular weight excluding hydrogens is 338 g/mol. The van der Waals surface area contributed by atoms with E-state index >= 15 is 0 Å². The van der Waals surface area contributed by atoms with Crippen LogP contribution in [0.25, 0.3) is 0 Å². The van der Waals surface area contributed by atoms with Crippen molar-refractivity contribution in [1.82, 2.24) is 9.29 Å². The van der Waals surface area contributed by atoms with Crippen LogP contribution in [-0.4, -0.2) is 37.2 Å². The van der Waals surface area contributed by atoms with Gasteiger partial charge in [0.15, 0.2) is 0 Å². The summed E-state index contributed by atoms with van der Waals surface area (Å²) >= 11 is 0. The Bertz CT molecular complexity index is 882. The van der Waals surface area contributed by atoms with E-state index in [-0.39, 0.29) is 17.3 Å². The zero-order chi connectivity index (χ0) is 18.0. The quantitative estimate of drug-likeness (QED) is 0.839. The Labute approximate surface area is 148 Å². The first-order chi connectivity index (χ1) is 11.9. The molecule has 0 N–H and O–H groups in total. The van der Waals surface area contributed by atoms with Gasteiger partial charge in [-0.1, -0.05) is 0 Å². The van der Waals surface area contributed by atoms with Crippen molar-refractivity contribution in [2.45, 2.75) is 31.2 Å². The first kappa shape index (κ1) is 17.6. The minimum Gasteiger partial charge on any atom is -0.312 e. The van der Waals surface area contributed by atoms with Gasteiger partial charge < -0.3 is 4.90 Å². The van der Waals surface area contributed by atoms with Gasteiger partial charge in [0.05, 0.1) is 4.90 Å². The number of nitrogens with zero attached hydrogens (tertiary/aromatic N) is 3. The molecule has 0 atom stereocenters. The van der Waals surface area contributed by atoms with Crippen LogP contribution < -0.4 is 4.90 Å². The summed E-state index contributed by atoms with van der Waals surface area (Å²) in [7, 11) is -2.03. The minimum absolute atomic E-state index is 0.0219. The number of hydrogen-bond acceptors (Lipinski definition) is 4. The summed E-state index contributed by atoms with van der Waals surface area (Å²) in [6, 6.07) is 8.61. The fraction of sp³-hybridized carbons (Fsp3) is 0.333. The number of benzene rings is 1. The summed E-state index contributed by atoms with van der Waals surface area (Å²) in [5.74, 6) is -0.0219. The maximum atomic E-state index is 12.9. The maximum absolute atomic E-state index is 12.9. The van der Waals surface area contributed by atoms with Crippen molar-refractivity contribution in [3.8, 4) is 0 Å². The van der Waals surface area contributed by atoms with Gasteiger partial charge in [-0.2, -0.15) is 4.31 Å². The van der Waals surface area contributed by atoms with Gasteiger partial charge in [0.2, 0.25) is 15.9 Å². The highest BCUT2D eigenvalue weighted by Crippen LogP contribution is 2.30. The Kier molecular flexibility index (Phi) is 4.87. The van der Waals surface area contributed by atoms with E-state index in [2.05, 4.69) is 4.98 Å². The van der Waals surface area contributed by atoms with E-state index in [1.807, 2.05) is 0 Å².